The van der Waals surface area contributed by atoms with Crippen LogP contribution in [0.25, 0.3) is 0 Å². The van der Waals surface area contributed by atoms with Gasteiger partial charge < -0.3 is 14.8 Å². The Morgan fingerprint density at radius 3 is 2.25 bits per heavy atom. The standard InChI is InChI=1S/C18H25NO5/c1-12-6-8-14(9-7-12)16(21)13(2)23-15(20)10-11-19-17(22)24-18(3,4)5/h6-9,13H,10-11H2,1-5H3,(H,19,22)/t13-/m1/s1. The molecule has 1 amide bonds. The summed E-state index contributed by atoms with van der Waals surface area (Å²) in [4.78, 5) is 35.4. The second-order valence-corrected chi connectivity index (χ2v) is 6.54. The van der Waals surface area contributed by atoms with Gasteiger partial charge in [-0.2, -0.15) is 0 Å². The summed E-state index contributed by atoms with van der Waals surface area (Å²) in [6.45, 7) is 8.79. The summed E-state index contributed by atoms with van der Waals surface area (Å²) in [5.41, 5.74) is 0.941. The predicted molar refractivity (Wildman–Crippen MR) is 89.9 cm³/mol. The largest absolute Gasteiger partial charge is 0.454 e. The van der Waals surface area contributed by atoms with Crippen LogP contribution in [0.3, 0.4) is 0 Å². The van der Waals surface area contributed by atoms with Gasteiger partial charge in [0, 0.05) is 12.1 Å². The zero-order valence-electron chi connectivity index (χ0n) is 14.8. The first-order valence-electron chi connectivity index (χ1n) is 7.85. The highest BCUT2D eigenvalue weighted by Crippen LogP contribution is 2.09. The number of ether oxygens (including phenoxy) is 2. The lowest BCUT2D eigenvalue weighted by molar-refractivity contribution is -0.146. The number of carbonyl (C=O) groups excluding carboxylic acids is 3. The Morgan fingerprint density at radius 2 is 1.71 bits per heavy atom. The molecule has 1 atom stereocenters. The fourth-order valence-electron chi connectivity index (χ4n) is 1.84. The molecule has 0 fully saturated rings. The van der Waals surface area contributed by atoms with E-state index in [-0.39, 0.29) is 18.7 Å². The van der Waals surface area contributed by atoms with Crippen molar-refractivity contribution >= 4 is 17.8 Å². The second kappa shape index (κ2) is 8.47. The summed E-state index contributed by atoms with van der Waals surface area (Å²) in [7, 11) is 0. The van der Waals surface area contributed by atoms with Crippen LogP contribution in [0.1, 0.15) is 50.0 Å². The van der Waals surface area contributed by atoms with Gasteiger partial charge in [-0.15, -0.1) is 0 Å². The molecule has 24 heavy (non-hydrogen) atoms. The SMILES string of the molecule is Cc1ccc(C(=O)[C@@H](C)OC(=O)CCNC(=O)OC(C)(C)C)cc1. The molecule has 0 aliphatic carbocycles. The molecule has 0 heterocycles. The quantitative estimate of drug-likeness (QED) is 0.638. The maximum atomic E-state index is 12.2. The Bertz CT molecular complexity index is 586. The molecule has 0 radical (unpaired) electrons. The predicted octanol–water partition coefficient (Wildman–Crippen LogP) is 3.02. The van der Waals surface area contributed by atoms with Crippen molar-refractivity contribution in [3.8, 4) is 0 Å². The van der Waals surface area contributed by atoms with E-state index in [1.54, 1.807) is 32.9 Å². The molecular formula is C18H25NO5. The van der Waals surface area contributed by atoms with Crippen molar-refractivity contribution in [2.24, 2.45) is 0 Å². The van der Waals surface area contributed by atoms with E-state index in [1.807, 2.05) is 19.1 Å². The second-order valence-electron chi connectivity index (χ2n) is 6.54. The highest BCUT2D eigenvalue weighted by Gasteiger charge is 2.20. The lowest BCUT2D eigenvalue weighted by atomic mass is 10.1. The Morgan fingerprint density at radius 1 is 1.12 bits per heavy atom. The number of amides is 1. The molecule has 0 aliphatic rings. The van der Waals surface area contributed by atoms with Crippen molar-refractivity contribution in [3.05, 3.63) is 35.4 Å². The van der Waals surface area contributed by atoms with Crippen LogP contribution in [-0.4, -0.2) is 36.1 Å². The molecule has 0 aromatic heterocycles. The van der Waals surface area contributed by atoms with Crippen LogP contribution in [0.5, 0.6) is 0 Å². The van der Waals surface area contributed by atoms with E-state index >= 15 is 0 Å². The minimum atomic E-state index is -0.873. The number of carbonyl (C=O) groups is 3. The molecule has 0 aliphatic heterocycles. The van der Waals surface area contributed by atoms with Gasteiger partial charge in [-0.1, -0.05) is 29.8 Å². The first-order chi connectivity index (χ1) is 11.1. The van der Waals surface area contributed by atoms with Gasteiger partial charge in [0.1, 0.15) is 5.60 Å². The van der Waals surface area contributed by atoms with E-state index in [0.717, 1.165) is 5.56 Å². The molecular weight excluding hydrogens is 310 g/mol. The fraction of sp³-hybridized carbons (Fsp3) is 0.500. The van der Waals surface area contributed by atoms with E-state index in [0.29, 0.717) is 5.56 Å². The highest BCUT2D eigenvalue weighted by molar-refractivity contribution is 6.00. The molecule has 6 heteroatoms. The third-order valence-corrected chi connectivity index (χ3v) is 3.01. The molecule has 0 spiro atoms. The van der Waals surface area contributed by atoms with Gasteiger partial charge in [-0.3, -0.25) is 9.59 Å². The van der Waals surface area contributed by atoms with E-state index in [2.05, 4.69) is 5.32 Å². The van der Waals surface area contributed by atoms with Gasteiger partial charge in [0.2, 0.25) is 5.78 Å². The molecule has 0 saturated heterocycles. The Kier molecular flexibility index (Phi) is 6.95. The van der Waals surface area contributed by atoms with Gasteiger partial charge in [-0.25, -0.2) is 4.79 Å². The molecule has 0 bridgehead atoms. The first kappa shape index (κ1) is 19.7. The molecule has 0 saturated carbocycles. The number of alkyl carbamates (subject to hydrolysis) is 1. The highest BCUT2D eigenvalue weighted by atomic mass is 16.6. The lowest BCUT2D eigenvalue weighted by Gasteiger charge is -2.19. The summed E-state index contributed by atoms with van der Waals surface area (Å²) in [6.07, 6.45) is -1.51. The molecule has 6 nitrogen and oxygen atoms in total. The smallest absolute Gasteiger partial charge is 0.407 e. The van der Waals surface area contributed by atoms with E-state index < -0.39 is 23.8 Å². The van der Waals surface area contributed by atoms with Crippen molar-refractivity contribution in [1.82, 2.24) is 5.32 Å². The number of Topliss-reactive ketones (excluding diaryl/α,β-unsaturated/α-hetero) is 1. The number of esters is 1. The average molecular weight is 335 g/mol. The zero-order chi connectivity index (χ0) is 18.3. The summed E-state index contributed by atoms with van der Waals surface area (Å²) in [6, 6.07) is 7.05. The summed E-state index contributed by atoms with van der Waals surface area (Å²) in [5.74, 6) is -0.817. The van der Waals surface area contributed by atoms with Crippen molar-refractivity contribution in [2.45, 2.75) is 52.7 Å². The summed E-state index contributed by atoms with van der Waals surface area (Å²) in [5, 5.41) is 2.46. The van der Waals surface area contributed by atoms with Gasteiger partial charge in [0.25, 0.3) is 0 Å². The van der Waals surface area contributed by atoms with Crippen molar-refractivity contribution in [1.29, 1.82) is 0 Å². The molecule has 1 N–H and O–H groups in total. The van der Waals surface area contributed by atoms with Gasteiger partial charge in [-0.05, 0) is 34.6 Å². The van der Waals surface area contributed by atoms with Crippen LogP contribution in [0.4, 0.5) is 4.79 Å². The number of hydrogen-bond acceptors (Lipinski definition) is 5. The normalized spacial score (nSPS) is 12.2. The van der Waals surface area contributed by atoms with Crippen LogP contribution < -0.4 is 5.32 Å². The molecule has 1 aromatic carbocycles. The maximum absolute atomic E-state index is 12.2. The summed E-state index contributed by atoms with van der Waals surface area (Å²) >= 11 is 0. The van der Waals surface area contributed by atoms with Crippen LogP contribution in [0, 0.1) is 6.92 Å². The van der Waals surface area contributed by atoms with E-state index in [1.165, 1.54) is 6.92 Å². The number of hydrogen-bond donors (Lipinski definition) is 1. The monoisotopic (exact) mass is 335 g/mol. The van der Waals surface area contributed by atoms with Crippen molar-refractivity contribution in [3.63, 3.8) is 0 Å². The van der Waals surface area contributed by atoms with E-state index in [9.17, 15) is 14.4 Å². The van der Waals surface area contributed by atoms with Crippen LogP contribution >= 0.6 is 0 Å². The van der Waals surface area contributed by atoms with Crippen LogP contribution in [0.15, 0.2) is 24.3 Å². The van der Waals surface area contributed by atoms with Gasteiger partial charge >= 0.3 is 12.1 Å². The maximum Gasteiger partial charge on any atom is 0.407 e. The number of nitrogens with one attached hydrogen (secondary N) is 1. The Balaban J connectivity index is 2.37. The third-order valence-electron chi connectivity index (χ3n) is 3.01. The lowest BCUT2D eigenvalue weighted by Crippen LogP contribution is -2.34. The number of aryl methyl sites for hydroxylation is 1. The molecule has 1 rings (SSSR count). The molecule has 132 valence electrons. The number of benzene rings is 1. The average Bonchev–Trinajstić information content (AvgIpc) is 2.45. The van der Waals surface area contributed by atoms with E-state index in [4.69, 9.17) is 9.47 Å². The van der Waals surface area contributed by atoms with Crippen molar-refractivity contribution < 1.29 is 23.9 Å². The Labute approximate surface area is 142 Å². The zero-order valence-corrected chi connectivity index (χ0v) is 14.8. The third kappa shape index (κ3) is 7.26. The van der Waals surface area contributed by atoms with Crippen LogP contribution in [0.2, 0.25) is 0 Å². The van der Waals surface area contributed by atoms with Gasteiger partial charge in [0.05, 0.1) is 6.42 Å². The van der Waals surface area contributed by atoms with Crippen molar-refractivity contribution in [2.75, 3.05) is 6.54 Å². The topological polar surface area (TPSA) is 81.7 Å². The van der Waals surface area contributed by atoms with Crippen LogP contribution in [-0.2, 0) is 14.3 Å². The number of rotatable bonds is 6. The number of ketones is 1. The van der Waals surface area contributed by atoms with Gasteiger partial charge in [0.15, 0.2) is 6.10 Å². The molecule has 1 aromatic rings. The molecule has 0 unspecified atom stereocenters. The minimum absolute atomic E-state index is 0.0369. The first-order valence-corrected chi connectivity index (χ1v) is 7.85. The Hall–Kier alpha value is -2.37. The fourth-order valence-corrected chi connectivity index (χ4v) is 1.84. The summed E-state index contributed by atoms with van der Waals surface area (Å²) < 4.78 is 10.1. The minimum Gasteiger partial charge on any atom is -0.454 e.